The fourth-order valence-electron chi connectivity index (χ4n) is 2.48. The van der Waals surface area contributed by atoms with Crippen LogP contribution in [-0.4, -0.2) is 72.0 Å². The lowest BCUT2D eigenvalue weighted by molar-refractivity contribution is 0.180. The molecular weight excluding hydrogens is 539 g/mol. The smallest absolute Gasteiger partial charge is 0.191 e. The van der Waals surface area contributed by atoms with Gasteiger partial charge in [-0.3, -0.25) is 0 Å². The number of aliphatic imine (C=N–C) groups is 1. The third-order valence-corrected chi connectivity index (χ3v) is 4.72. The number of hydrogen-bond donors (Lipinski definition) is 2. The Morgan fingerprint density at radius 2 is 1.79 bits per heavy atom. The third kappa shape index (κ3) is 10.1. The summed E-state index contributed by atoms with van der Waals surface area (Å²) in [5, 5.41) is 6.66. The minimum atomic E-state index is 0. The Hall–Kier alpha value is -0.780. The summed E-state index contributed by atoms with van der Waals surface area (Å²) < 4.78 is 16.7. The molecule has 1 aromatic carbocycles. The Morgan fingerprint density at radius 1 is 1.11 bits per heavy atom. The number of benzene rings is 1. The monoisotopic (exact) mass is 572 g/mol. The molecule has 0 aromatic heterocycles. The van der Waals surface area contributed by atoms with Crippen LogP contribution in [0.4, 0.5) is 0 Å². The molecule has 7 nitrogen and oxygen atoms in total. The Labute approximate surface area is 194 Å². The van der Waals surface area contributed by atoms with Crippen molar-refractivity contribution in [3.05, 3.63) is 22.2 Å². The number of halogens is 2. The van der Waals surface area contributed by atoms with Crippen molar-refractivity contribution in [2.24, 2.45) is 4.99 Å². The minimum absolute atomic E-state index is 0. The number of nitrogens with zero attached hydrogens (tertiary/aromatic N) is 2. The molecule has 0 fully saturated rings. The van der Waals surface area contributed by atoms with Crippen LogP contribution in [0.15, 0.2) is 21.6 Å². The molecular formula is C19H34BrIN4O3. The van der Waals surface area contributed by atoms with E-state index in [1.54, 1.807) is 21.3 Å². The normalized spacial score (nSPS) is 11.2. The van der Waals surface area contributed by atoms with E-state index < -0.39 is 0 Å². The second-order valence-electron chi connectivity index (χ2n) is 6.07. The summed E-state index contributed by atoms with van der Waals surface area (Å²) in [5.41, 5.74) is 1.03. The molecule has 0 aliphatic heterocycles. The highest BCUT2D eigenvalue weighted by Crippen LogP contribution is 2.33. The van der Waals surface area contributed by atoms with Crippen molar-refractivity contribution >= 4 is 45.9 Å². The highest BCUT2D eigenvalue weighted by Gasteiger charge is 2.09. The largest absolute Gasteiger partial charge is 0.493 e. The highest BCUT2D eigenvalue weighted by atomic mass is 127. The Kier molecular flexibility index (Phi) is 15.6. The van der Waals surface area contributed by atoms with Crippen molar-refractivity contribution in [2.45, 2.75) is 19.9 Å². The number of hydrogen-bond acceptors (Lipinski definition) is 5. The zero-order chi connectivity index (χ0) is 20.1. The summed E-state index contributed by atoms with van der Waals surface area (Å²) in [4.78, 5) is 6.96. The van der Waals surface area contributed by atoms with Crippen LogP contribution in [0.1, 0.15) is 18.9 Å². The van der Waals surface area contributed by atoms with Gasteiger partial charge in [-0.05, 0) is 38.1 Å². The first kappa shape index (κ1) is 27.2. The lowest BCUT2D eigenvalue weighted by Gasteiger charge is -2.18. The standard InChI is InChI=1S/C19H33BrN4O3.HI/c1-6-21-19(22-8-10-24(2)9-7-11-25-3)23-14-15-12-17(26-4)18(27-5)13-16(15)20;/h12-13H,6-11,14H2,1-5H3,(H2,21,22,23);1H. The van der Waals surface area contributed by atoms with E-state index in [1.807, 2.05) is 12.1 Å². The van der Waals surface area contributed by atoms with Gasteiger partial charge in [0.25, 0.3) is 0 Å². The molecule has 9 heteroatoms. The van der Waals surface area contributed by atoms with Gasteiger partial charge >= 0.3 is 0 Å². The first-order valence-corrected chi connectivity index (χ1v) is 9.95. The van der Waals surface area contributed by atoms with Crippen LogP contribution in [-0.2, 0) is 11.3 Å². The van der Waals surface area contributed by atoms with Crippen molar-refractivity contribution < 1.29 is 14.2 Å². The number of guanidine groups is 1. The summed E-state index contributed by atoms with van der Waals surface area (Å²) in [7, 11) is 7.11. The molecule has 0 atom stereocenters. The molecule has 28 heavy (non-hydrogen) atoms. The molecule has 1 aromatic rings. The molecule has 0 unspecified atom stereocenters. The molecule has 0 aliphatic carbocycles. The van der Waals surface area contributed by atoms with Gasteiger partial charge in [0.15, 0.2) is 17.5 Å². The van der Waals surface area contributed by atoms with E-state index in [4.69, 9.17) is 14.2 Å². The Balaban J connectivity index is 0.00000729. The van der Waals surface area contributed by atoms with Gasteiger partial charge < -0.3 is 29.7 Å². The molecule has 1 rings (SSSR count). The summed E-state index contributed by atoms with van der Waals surface area (Å²) in [6.45, 7) is 6.96. The third-order valence-electron chi connectivity index (χ3n) is 3.98. The lowest BCUT2D eigenvalue weighted by atomic mass is 10.2. The van der Waals surface area contributed by atoms with Gasteiger partial charge in [-0.1, -0.05) is 15.9 Å². The van der Waals surface area contributed by atoms with Gasteiger partial charge in [-0.15, -0.1) is 24.0 Å². The number of ether oxygens (including phenoxy) is 3. The predicted molar refractivity (Wildman–Crippen MR) is 129 cm³/mol. The highest BCUT2D eigenvalue weighted by molar-refractivity contribution is 14.0. The maximum atomic E-state index is 5.38. The topological polar surface area (TPSA) is 67.4 Å². The Bertz CT molecular complexity index is 591. The first-order chi connectivity index (χ1) is 13.0. The average molecular weight is 573 g/mol. The van der Waals surface area contributed by atoms with Crippen molar-refractivity contribution in [3.63, 3.8) is 0 Å². The van der Waals surface area contributed by atoms with Gasteiger partial charge in [0.1, 0.15) is 0 Å². The second kappa shape index (κ2) is 16.1. The number of rotatable bonds is 12. The van der Waals surface area contributed by atoms with Gasteiger partial charge in [0.05, 0.1) is 20.8 Å². The van der Waals surface area contributed by atoms with Crippen molar-refractivity contribution in [1.29, 1.82) is 0 Å². The zero-order valence-electron chi connectivity index (χ0n) is 17.5. The molecule has 162 valence electrons. The number of nitrogens with one attached hydrogen (secondary N) is 2. The molecule has 0 saturated heterocycles. The summed E-state index contributed by atoms with van der Waals surface area (Å²) in [6.07, 6.45) is 1.04. The summed E-state index contributed by atoms with van der Waals surface area (Å²) in [5.74, 6) is 2.18. The minimum Gasteiger partial charge on any atom is -0.493 e. The summed E-state index contributed by atoms with van der Waals surface area (Å²) >= 11 is 3.58. The van der Waals surface area contributed by atoms with Crippen LogP contribution in [0.5, 0.6) is 11.5 Å². The summed E-state index contributed by atoms with van der Waals surface area (Å²) in [6, 6.07) is 3.85. The van der Waals surface area contributed by atoms with Gasteiger partial charge in [-0.25, -0.2) is 4.99 Å². The molecule has 0 spiro atoms. The molecule has 0 radical (unpaired) electrons. The Morgan fingerprint density at radius 3 is 2.39 bits per heavy atom. The molecule has 2 N–H and O–H groups in total. The van der Waals surface area contributed by atoms with Crippen LogP contribution < -0.4 is 20.1 Å². The second-order valence-corrected chi connectivity index (χ2v) is 6.92. The van der Waals surface area contributed by atoms with Crippen molar-refractivity contribution in [1.82, 2.24) is 15.5 Å². The predicted octanol–water partition coefficient (Wildman–Crippen LogP) is 3.11. The van der Waals surface area contributed by atoms with Crippen LogP contribution in [0.25, 0.3) is 0 Å². The first-order valence-electron chi connectivity index (χ1n) is 9.15. The van der Waals surface area contributed by atoms with Gasteiger partial charge in [0, 0.05) is 44.4 Å². The SMILES string of the molecule is CCNC(=NCc1cc(OC)c(OC)cc1Br)NCCN(C)CCCOC.I. The van der Waals surface area contributed by atoms with E-state index >= 15 is 0 Å². The van der Waals surface area contributed by atoms with Crippen LogP contribution in [0.2, 0.25) is 0 Å². The van der Waals surface area contributed by atoms with E-state index in [0.717, 1.165) is 55.2 Å². The van der Waals surface area contributed by atoms with Crippen LogP contribution in [0, 0.1) is 0 Å². The fourth-order valence-corrected chi connectivity index (χ4v) is 2.93. The van der Waals surface area contributed by atoms with E-state index in [1.165, 1.54) is 0 Å². The van der Waals surface area contributed by atoms with E-state index in [2.05, 4.69) is 50.4 Å². The van der Waals surface area contributed by atoms with E-state index in [-0.39, 0.29) is 24.0 Å². The van der Waals surface area contributed by atoms with Crippen molar-refractivity contribution in [2.75, 3.05) is 61.2 Å². The van der Waals surface area contributed by atoms with Gasteiger partial charge in [0.2, 0.25) is 0 Å². The molecule has 0 aliphatic rings. The number of methoxy groups -OCH3 is 3. The quantitative estimate of drug-likeness (QED) is 0.174. The molecule has 0 amide bonds. The van der Waals surface area contributed by atoms with Crippen LogP contribution in [0.3, 0.4) is 0 Å². The van der Waals surface area contributed by atoms with Gasteiger partial charge in [-0.2, -0.15) is 0 Å². The molecule has 0 bridgehead atoms. The molecule has 0 heterocycles. The maximum absolute atomic E-state index is 5.38. The molecule has 0 saturated carbocycles. The van der Waals surface area contributed by atoms with E-state index in [0.29, 0.717) is 18.0 Å². The average Bonchev–Trinajstić information content (AvgIpc) is 2.66. The zero-order valence-corrected chi connectivity index (χ0v) is 21.4. The van der Waals surface area contributed by atoms with Crippen molar-refractivity contribution in [3.8, 4) is 11.5 Å². The lowest BCUT2D eigenvalue weighted by Crippen LogP contribution is -2.41. The fraction of sp³-hybridized carbons (Fsp3) is 0.632. The van der Waals surface area contributed by atoms with Crippen LogP contribution >= 0.6 is 39.9 Å². The number of likely N-dealkylation sites (N-methyl/N-ethyl adjacent to an activating group) is 1. The maximum Gasteiger partial charge on any atom is 0.191 e. The van der Waals surface area contributed by atoms with E-state index in [9.17, 15) is 0 Å².